The van der Waals surface area contributed by atoms with Gasteiger partial charge in [0.1, 0.15) is 0 Å². The van der Waals surface area contributed by atoms with E-state index in [2.05, 4.69) is 9.88 Å². The van der Waals surface area contributed by atoms with E-state index in [1.54, 1.807) is 30.5 Å². The molecule has 27 heavy (non-hydrogen) atoms. The fourth-order valence-corrected chi connectivity index (χ4v) is 3.59. The molecule has 1 aromatic carbocycles. The van der Waals surface area contributed by atoms with Crippen molar-refractivity contribution >= 4 is 23.5 Å². The Morgan fingerprint density at radius 3 is 2.30 bits per heavy atom. The molecule has 0 spiro atoms. The van der Waals surface area contributed by atoms with E-state index in [1.165, 1.54) is 0 Å². The number of hydrogen-bond acceptors (Lipinski definition) is 6. The third-order valence-electron chi connectivity index (χ3n) is 5.10. The van der Waals surface area contributed by atoms with E-state index in [1.807, 2.05) is 19.2 Å². The van der Waals surface area contributed by atoms with Gasteiger partial charge in [-0.05, 0) is 43.5 Å². The molecule has 2 amide bonds. The van der Waals surface area contributed by atoms with Crippen LogP contribution < -0.4 is 4.90 Å². The van der Waals surface area contributed by atoms with E-state index < -0.39 is 17.8 Å². The Morgan fingerprint density at radius 1 is 1.07 bits per heavy atom. The number of nitrogens with zero attached hydrogens (tertiary/aromatic N) is 3. The number of piperidine rings is 1. The molecule has 0 aliphatic carbocycles. The lowest BCUT2D eigenvalue weighted by molar-refractivity contribution is -0.174. The molecule has 0 radical (unpaired) electrons. The maximum absolute atomic E-state index is 12.5. The first-order chi connectivity index (χ1) is 13.1. The third-order valence-corrected chi connectivity index (χ3v) is 5.10. The maximum atomic E-state index is 12.5. The second-order valence-electron chi connectivity index (χ2n) is 6.78. The zero-order valence-corrected chi connectivity index (χ0v) is 14.9. The molecular formula is C20H19N3O4. The average Bonchev–Trinajstić information content (AvgIpc) is 2.94. The number of aryl methyl sites for hydroxylation is 1. The number of imide groups is 1. The summed E-state index contributed by atoms with van der Waals surface area (Å²) in [6.07, 6.45) is 4.77. The highest BCUT2D eigenvalue weighted by Gasteiger charge is 2.40. The molecule has 2 aliphatic rings. The number of fused-ring (bicyclic) bond motifs is 1. The second-order valence-corrected chi connectivity index (χ2v) is 6.78. The van der Waals surface area contributed by atoms with Crippen LogP contribution in [0.2, 0.25) is 0 Å². The predicted octanol–water partition coefficient (Wildman–Crippen LogP) is 2.36. The standard InChI is InChI=1S/C20H19N3O4/c1-13-12-21-9-6-17(13)22-10-7-14(8-11-22)20(26)27-23-18(24)15-4-2-3-5-16(15)19(23)25/h2-6,9,12,14H,7-8,10-11H2,1H3. The molecule has 0 bridgehead atoms. The molecule has 1 fully saturated rings. The van der Waals surface area contributed by atoms with Gasteiger partial charge < -0.3 is 9.74 Å². The Hall–Kier alpha value is -3.22. The fourth-order valence-electron chi connectivity index (χ4n) is 3.59. The van der Waals surface area contributed by atoms with Gasteiger partial charge in [-0.1, -0.05) is 17.2 Å². The second kappa shape index (κ2) is 6.83. The number of aromatic nitrogens is 1. The van der Waals surface area contributed by atoms with Crippen molar-refractivity contribution in [2.75, 3.05) is 18.0 Å². The lowest BCUT2D eigenvalue weighted by Gasteiger charge is -2.33. The number of carbonyl (C=O) groups is 3. The molecular weight excluding hydrogens is 346 g/mol. The molecule has 2 aromatic rings. The number of hydroxylamine groups is 2. The molecule has 7 heteroatoms. The van der Waals surface area contributed by atoms with Crippen LogP contribution in [0.25, 0.3) is 0 Å². The van der Waals surface area contributed by atoms with Crippen molar-refractivity contribution in [3.8, 4) is 0 Å². The Labute approximate surface area is 156 Å². The zero-order valence-electron chi connectivity index (χ0n) is 14.9. The van der Waals surface area contributed by atoms with E-state index in [0.29, 0.717) is 31.0 Å². The number of anilines is 1. The number of amides is 2. The first kappa shape index (κ1) is 17.2. The van der Waals surface area contributed by atoms with Crippen LogP contribution in [0.5, 0.6) is 0 Å². The first-order valence-corrected chi connectivity index (χ1v) is 8.91. The molecule has 1 aromatic heterocycles. The predicted molar refractivity (Wildman–Crippen MR) is 96.9 cm³/mol. The summed E-state index contributed by atoms with van der Waals surface area (Å²) in [5.41, 5.74) is 2.72. The highest BCUT2D eigenvalue weighted by atomic mass is 16.7. The molecule has 0 N–H and O–H groups in total. The van der Waals surface area contributed by atoms with Gasteiger partial charge in [-0.3, -0.25) is 14.6 Å². The molecule has 1 saturated heterocycles. The normalized spacial score (nSPS) is 17.2. The van der Waals surface area contributed by atoms with Crippen molar-refractivity contribution in [2.24, 2.45) is 5.92 Å². The van der Waals surface area contributed by atoms with Gasteiger partial charge in [-0.15, -0.1) is 0 Å². The lowest BCUT2D eigenvalue weighted by atomic mass is 9.96. The Balaban J connectivity index is 1.39. The van der Waals surface area contributed by atoms with Crippen molar-refractivity contribution in [1.29, 1.82) is 0 Å². The first-order valence-electron chi connectivity index (χ1n) is 8.91. The minimum absolute atomic E-state index is 0.262. The third kappa shape index (κ3) is 3.05. The summed E-state index contributed by atoms with van der Waals surface area (Å²) in [5, 5.41) is 0.590. The van der Waals surface area contributed by atoms with Gasteiger partial charge in [0, 0.05) is 31.2 Å². The van der Waals surface area contributed by atoms with Crippen molar-refractivity contribution < 1.29 is 19.2 Å². The molecule has 2 aliphatic heterocycles. The topological polar surface area (TPSA) is 79.8 Å². The number of pyridine rings is 1. The summed E-state index contributed by atoms with van der Waals surface area (Å²) in [6.45, 7) is 3.41. The minimum Gasteiger partial charge on any atom is -0.371 e. The number of rotatable bonds is 3. The molecule has 7 nitrogen and oxygen atoms in total. The van der Waals surface area contributed by atoms with Crippen molar-refractivity contribution in [2.45, 2.75) is 19.8 Å². The quantitative estimate of drug-likeness (QED) is 0.777. The summed E-state index contributed by atoms with van der Waals surface area (Å²) < 4.78 is 0. The zero-order chi connectivity index (χ0) is 19.0. The summed E-state index contributed by atoms with van der Waals surface area (Å²) in [4.78, 5) is 48.6. The number of benzene rings is 1. The van der Waals surface area contributed by atoms with Crippen molar-refractivity contribution in [3.05, 3.63) is 59.4 Å². The van der Waals surface area contributed by atoms with Crippen molar-refractivity contribution in [1.82, 2.24) is 10.0 Å². The summed E-state index contributed by atoms with van der Waals surface area (Å²) >= 11 is 0. The molecule has 3 heterocycles. The van der Waals surface area contributed by atoms with Gasteiger partial charge in [0.2, 0.25) is 0 Å². The minimum atomic E-state index is -0.589. The average molecular weight is 365 g/mol. The fraction of sp³-hybridized carbons (Fsp3) is 0.300. The maximum Gasteiger partial charge on any atom is 0.336 e. The summed E-state index contributed by atoms with van der Waals surface area (Å²) in [5.74, 6) is -2.05. The largest absolute Gasteiger partial charge is 0.371 e. The van der Waals surface area contributed by atoms with Crippen LogP contribution in [0, 0.1) is 12.8 Å². The van der Waals surface area contributed by atoms with Crippen LogP contribution in [-0.4, -0.2) is 40.9 Å². The van der Waals surface area contributed by atoms with Crippen molar-refractivity contribution in [3.63, 3.8) is 0 Å². The summed E-state index contributed by atoms with van der Waals surface area (Å²) in [7, 11) is 0. The smallest absolute Gasteiger partial charge is 0.336 e. The lowest BCUT2D eigenvalue weighted by Crippen LogP contribution is -2.40. The number of hydrogen-bond donors (Lipinski definition) is 0. The van der Waals surface area contributed by atoms with Gasteiger partial charge in [0.25, 0.3) is 11.8 Å². The molecule has 0 unspecified atom stereocenters. The van der Waals surface area contributed by atoms with Crippen LogP contribution in [0.1, 0.15) is 39.1 Å². The van der Waals surface area contributed by atoms with Gasteiger partial charge >= 0.3 is 5.97 Å². The molecule has 0 saturated carbocycles. The Morgan fingerprint density at radius 2 is 1.70 bits per heavy atom. The van der Waals surface area contributed by atoms with E-state index in [4.69, 9.17) is 4.84 Å². The SMILES string of the molecule is Cc1cnccc1N1CCC(C(=O)ON2C(=O)c3ccccc3C2=O)CC1. The van der Waals surface area contributed by atoms with Gasteiger partial charge in [-0.2, -0.15) is 0 Å². The van der Waals surface area contributed by atoms with Crippen LogP contribution in [0.15, 0.2) is 42.7 Å². The van der Waals surface area contributed by atoms with Crippen LogP contribution in [0.3, 0.4) is 0 Å². The van der Waals surface area contributed by atoms with Gasteiger partial charge in [0.15, 0.2) is 0 Å². The van der Waals surface area contributed by atoms with E-state index in [9.17, 15) is 14.4 Å². The Kier molecular flexibility index (Phi) is 4.35. The molecule has 4 rings (SSSR count). The molecule has 0 atom stereocenters. The summed E-state index contributed by atoms with van der Waals surface area (Å²) in [6, 6.07) is 8.42. The van der Waals surface area contributed by atoms with Gasteiger partial charge in [-0.25, -0.2) is 4.79 Å². The molecule has 138 valence electrons. The Bertz CT molecular complexity index is 884. The number of carbonyl (C=O) groups excluding carboxylic acids is 3. The van der Waals surface area contributed by atoms with E-state index in [0.717, 1.165) is 11.3 Å². The highest BCUT2D eigenvalue weighted by molar-refractivity contribution is 6.20. The van der Waals surface area contributed by atoms with Gasteiger partial charge in [0.05, 0.1) is 17.0 Å². The van der Waals surface area contributed by atoms with Crippen LogP contribution >= 0.6 is 0 Å². The highest BCUT2D eigenvalue weighted by Crippen LogP contribution is 2.28. The van der Waals surface area contributed by atoms with E-state index in [-0.39, 0.29) is 17.0 Å². The monoisotopic (exact) mass is 365 g/mol. The van der Waals surface area contributed by atoms with Crippen LogP contribution in [-0.2, 0) is 9.63 Å². The van der Waals surface area contributed by atoms with Crippen LogP contribution in [0.4, 0.5) is 5.69 Å². The van der Waals surface area contributed by atoms with E-state index >= 15 is 0 Å².